The summed E-state index contributed by atoms with van der Waals surface area (Å²) in [5.41, 5.74) is 1.33. The second-order valence-corrected chi connectivity index (χ2v) is 8.45. The van der Waals surface area contributed by atoms with Crippen molar-refractivity contribution in [3.63, 3.8) is 0 Å². The predicted octanol–water partition coefficient (Wildman–Crippen LogP) is 2.59. The molecule has 2 saturated heterocycles. The number of rotatable bonds is 5. The monoisotopic (exact) mass is 369 g/mol. The van der Waals surface area contributed by atoms with E-state index in [1.165, 1.54) is 5.56 Å². The highest BCUT2D eigenvalue weighted by Gasteiger charge is 2.36. The Bertz CT molecular complexity index is 665. The second-order valence-electron chi connectivity index (χ2n) is 8.45. The second kappa shape index (κ2) is 8.01. The minimum atomic E-state index is 0.0637. The van der Waals surface area contributed by atoms with Crippen molar-refractivity contribution in [2.45, 2.75) is 51.1 Å². The minimum Gasteiger partial charge on any atom is -0.352 e. The molecule has 2 heterocycles. The molecule has 3 fully saturated rings. The molecule has 0 aromatic heterocycles. The molecule has 5 heteroatoms. The Morgan fingerprint density at radius 1 is 0.963 bits per heavy atom. The van der Waals surface area contributed by atoms with Crippen LogP contribution in [0, 0.1) is 11.8 Å². The summed E-state index contributed by atoms with van der Waals surface area (Å²) in [6.45, 7) is 5.67. The maximum atomic E-state index is 12.7. The molecule has 4 rings (SSSR count). The lowest BCUT2D eigenvalue weighted by molar-refractivity contribution is -0.136. The van der Waals surface area contributed by atoms with Crippen LogP contribution in [0.1, 0.15) is 50.6 Å². The molecule has 5 nitrogen and oxygen atoms in total. The van der Waals surface area contributed by atoms with E-state index in [9.17, 15) is 9.59 Å². The lowest BCUT2D eigenvalue weighted by Crippen LogP contribution is -2.46. The van der Waals surface area contributed by atoms with Crippen LogP contribution < -0.4 is 5.32 Å². The summed E-state index contributed by atoms with van der Waals surface area (Å²) in [7, 11) is 0. The molecule has 2 amide bonds. The Balaban J connectivity index is 1.23. The van der Waals surface area contributed by atoms with E-state index in [0.29, 0.717) is 11.9 Å². The molecule has 2 atom stereocenters. The van der Waals surface area contributed by atoms with Gasteiger partial charge in [0.15, 0.2) is 0 Å². The number of nitrogens with one attached hydrogen (secondary N) is 1. The third-order valence-electron chi connectivity index (χ3n) is 6.50. The zero-order chi connectivity index (χ0) is 18.8. The highest BCUT2D eigenvalue weighted by Crippen LogP contribution is 2.32. The fraction of sp³-hybridized carbons (Fsp3) is 0.636. The van der Waals surface area contributed by atoms with Gasteiger partial charge in [-0.1, -0.05) is 30.3 Å². The van der Waals surface area contributed by atoms with Crippen molar-refractivity contribution in [3.8, 4) is 0 Å². The van der Waals surface area contributed by atoms with E-state index in [1.54, 1.807) is 0 Å². The molecule has 1 aromatic rings. The fourth-order valence-electron chi connectivity index (χ4n) is 4.47. The van der Waals surface area contributed by atoms with E-state index < -0.39 is 0 Å². The van der Waals surface area contributed by atoms with Crippen LogP contribution in [0.2, 0.25) is 0 Å². The normalized spacial score (nSPS) is 25.4. The highest BCUT2D eigenvalue weighted by molar-refractivity contribution is 5.82. The average molecular weight is 370 g/mol. The molecule has 1 N–H and O–H groups in total. The molecule has 2 aliphatic heterocycles. The van der Waals surface area contributed by atoms with Crippen molar-refractivity contribution in [1.29, 1.82) is 0 Å². The molecule has 0 spiro atoms. The van der Waals surface area contributed by atoms with E-state index in [4.69, 9.17) is 0 Å². The maximum absolute atomic E-state index is 12.7. The van der Waals surface area contributed by atoms with Gasteiger partial charge < -0.3 is 10.2 Å². The van der Waals surface area contributed by atoms with E-state index in [1.807, 2.05) is 11.0 Å². The van der Waals surface area contributed by atoms with Crippen molar-refractivity contribution < 1.29 is 9.59 Å². The molecule has 3 aliphatic rings. The molecule has 0 unspecified atom stereocenters. The van der Waals surface area contributed by atoms with Crippen molar-refractivity contribution in [3.05, 3.63) is 35.9 Å². The van der Waals surface area contributed by atoms with Gasteiger partial charge in [-0.25, -0.2) is 0 Å². The van der Waals surface area contributed by atoms with Crippen molar-refractivity contribution in [1.82, 2.24) is 15.1 Å². The van der Waals surface area contributed by atoms with Gasteiger partial charge in [0, 0.05) is 50.1 Å². The summed E-state index contributed by atoms with van der Waals surface area (Å²) >= 11 is 0. The zero-order valence-electron chi connectivity index (χ0n) is 16.3. The number of carbonyl (C=O) groups is 2. The molecule has 0 bridgehead atoms. The molecule has 146 valence electrons. The number of hydrogen-bond donors (Lipinski definition) is 1. The van der Waals surface area contributed by atoms with Gasteiger partial charge in [-0.3, -0.25) is 14.5 Å². The molecule has 27 heavy (non-hydrogen) atoms. The first-order valence-corrected chi connectivity index (χ1v) is 10.5. The van der Waals surface area contributed by atoms with Crippen LogP contribution in [0.5, 0.6) is 0 Å². The molecule has 1 aromatic carbocycles. The van der Waals surface area contributed by atoms with Crippen LogP contribution in [-0.2, 0) is 9.59 Å². The molecular formula is C22H31N3O2. The number of carbonyl (C=O) groups excluding carboxylic acids is 2. The quantitative estimate of drug-likeness (QED) is 0.868. The topological polar surface area (TPSA) is 52.7 Å². The van der Waals surface area contributed by atoms with Gasteiger partial charge >= 0.3 is 0 Å². The van der Waals surface area contributed by atoms with Crippen LogP contribution in [0.3, 0.4) is 0 Å². The van der Waals surface area contributed by atoms with Crippen LogP contribution in [0.15, 0.2) is 30.3 Å². The van der Waals surface area contributed by atoms with Gasteiger partial charge in [0.1, 0.15) is 0 Å². The van der Waals surface area contributed by atoms with Gasteiger partial charge in [0.25, 0.3) is 0 Å². The van der Waals surface area contributed by atoms with Gasteiger partial charge in [-0.2, -0.15) is 0 Å². The Hall–Kier alpha value is -1.88. The van der Waals surface area contributed by atoms with E-state index in [2.05, 4.69) is 41.4 Å². The Morgan fingerprint density at radius 2 is 1.67 bits per heavy atom. The van der Waals surface area contributed by atoms with E-state index in [0.717, 1.165) is 58.3 Å². The predicted molar refractivity (Wildman–Crippen MR) is 105 cm³/mol. The van der Waals surface area contributed by atoms with Gasteiger partial charge in [-0.15, -0.1) is 0 Å². The zero-order valence-corrected chi connectivity index (χ0v) is 16.3. The van der Waals surface area contributed by atoms with Gasteiger partial charge in [0.05, 0.1) is 0 Å². The number of amides is 2. The van der Waals surface area contributed by atoms with E-state index >= 15 is 0 Å². The molecule has 0 radical (unpaired) electrons. The summed E-state index contributed by atoms with van der Waals surface area (Å²) in [5, 5.41) is 3.28. The first-order valence-electron chi connectivity index (χ1n) is 10.5. The number of hydrogen-bond acceptors (Lipinski definition) is 3. The highest BCUT2D eigenvalue weighted by atomic mass is 16.2. The molecule has 1 saturated carbocycles. The van der Waals surface area contributed by atoms with Crippen LogP contribution in [0.4, 0.5) is 0 Å². The SMILES string of the molecule is C[C@@H](c1ccccc1)N1CC[C@H](NC(=O)C2CCN(C(=O)C3CC3)CC2)C1. The Labute approximate surface area is 162 Å². The Kier molecular flexibility index (Phi) is 5.48. The third kappa shape index (κ3) is 4.34. The number of piperidine rings is 1. The van der Waals surface area contributed by atoms with Crippen molar-refractivity contribution in [2.75, 3.05) is 26.2 Å². The summed E-state index contributed by atoms with van der Waals surface area (Å²) in [5.74, 6) is 0.850. The lowest BCUT2D eigenvalue weighted by atomic mass is 9.95. The van der Waals surface area contributed by atoms with Crippen molar-refractivity contribution in [2.24, 2.45) is 11.8 Å². The summed E-state index contributed by atoms with van der Waals surface area (Å²) in [6.07, 6.45) is 4.74. The van der Waals surface area contributed by atoms with Gasteiger partial charge in [-0.05, 0) is 44.6 Å². The number of likely N-dealkylation sites (tertiary alicyclic amines) is 2. The largest absolute Gasteiger partial charge is 0.352 e. The maximum Gasteiger partial charge on any atom is 0.225 e. The summed E-state index contributed by atoms with van der Waals surface area (Å²) in [4.78, 5) is 29.3. The lowest BCUT2D eigenvalue weighted by Gasteiger charge is -2.32. The van der Waals surface area contributed by atoms with Gasteiger partial charge in [0.2, 0.25) is 11.8 Å². The first-order chi connectivity index (χ1) is 13.1. The summed E-state index contributed by atoms with van der Waals surface area (Å²) in [6, 6.07) is 11.2. The third-order valence-corrected chi connectivity index (χ3v) is 6.50. The van der Waals surface area contributed by atoms with Crippen LogP contribution >= 0.6 is 0 Å². The molecular weight excluding hydrogens is 338 g/mol. The fourth-order valence-corrected chi connectivity index (χ4v) is 4.47. The number of nitrogens with zero attached hydrogens (tertiary/aromatic N) is 2. The molecule has 1 aliphatic carbocycles. The summed E-state index contributed by atoms with van der Waals surface area (Å²) < 4.78 is 0. The average Bonchev–Trinajstić information content (AvgIpc) is 3.46. The van der Waals surface area contributed by atoms with Crippen LogP contribution in [-0.4, -0.2) is 53.8 Å². The smallest absolute Gasteiger partial charge is 0.225 e. The van der Waals surface area contributed by atoms with Crippen molar-refractivity contribution >= 4 is 11.8 Å². The Morgan fingerprint density at radius 3 is 2.33 bits per heavy atom. The van der Waals surface area contributed by atoms with Crippen LogP contribution in [0.25, 0.3) is 0 Å². The number of benzene rings is 1. The minimum absolute atomic E-state index is 0.0637. The standard InChI is InChI=1S/C22H31N3O2/c1-16(17-5-3-2-4-6-17)25-14-11-20(15-25)23-21(26)18-9-12-24(13-10-18)22(27)19-7-8-19/h2-6,16,18-20H,7-15H2,1H3,(H,23,26)/t16-,20-/m0/s1. The first kappa shape index (κ1) is 18.5. The van der Waals surface area contributed by atoms with E-state index in [-0.39, 0.29) is 23.8 Å².